The molecular formula is C11H18N4O. The van der Waals surface area contributed by atoms with Crippen molar-refractivity contribution in [3.05, 3.63) is 11.9 Å². The second-order valence-electron chi connectivity index (χ2n) is 4.98. The molecule has 0 aliphatic carbocycles. The maximum atomic E-state index is 12.3. The van der Waals surface area contributed by atoms with Crippen LogP contribution in [0.4, 0.5) is 5.69 Å². The van der Waals surface area contributed by atoms with E-state index in [4.69, 9.17) is 5.73 Å². The van der Waals surface area contributed by atoms with Crippen molar-refractivity contribution in [2.24, 2.45) is 7.05 Å². The van der Waals surface area contributed by atoms with Crippen molar-refractivity contribution in [3.63, 3.8) is 0 Å². The zero-order valence-corrected chi connectivity index (χ0v) is 10.0. The molecule has 0 aromatic carbocycles. The Labute approximate surface area is 95.2 Å². The van der Waals surface area contributed by atoms with Gasteiger partial charge >= 0.3 is 0 Å². The summed E-state index contributed by atoms with van der Waals surface area (Å²) in [7, 11) is 1.77. The van der Waals surface area contributed by atoms with Gasteiger partial charge in [-0.1, -0.05) is 0 Å². The van der Waals surface area contributed by atoms with E-state index in [1.807, 2.05) is 4.90 Å². The van der Waals surface area contributed by atoms with E-state index in [1.165, 1.54) is 0 Å². The Balaban J connectivity index is 2.29. The minimum absolute atomic E-state index is 0.0550. The van der Waals surface area contributed by atoms with Gasteiger partial charge in [-0.2, -0.15) is 5.10 Å². The molecule has 1 aliphatic heterocycles. The number of aryl methyl sites for hydroxylation is 1. The average Bonchev–Trinajstić information content (AvgIpc) is 2.68. The topological polar surface area (TPSA) is 64.2 Å². The molecule has 5 nitrogen and oxygen atoms in total. The van der Waals surface area contributed by atoms with E-state index in [0.29, 0.717) is 11.4 Å². The van der Waals surface area contributed by atoms with Crippen LogP contribution in [-0.4, -0.2) is 32.7 Å². The zero-order chi connectivity index (χ0) is 11.9. The second-order valence-corrected chi connectivity index (χ2v) is 4.98. The minimum atomic E-state index is -0.0823. The molecule has 16 heavy (non-hydrogen) atoms. The summed E-state index contributed by atoms with van der Waals surface area (Å²) in [6.07, 6.45) is 3.74. The number of rotatable bonds is 1. The van der Waals surface area contributed by atoms with Gasteiger partial charge in [0.05, 0.1) is 5.69 Å². The highest BCUT2D eigenvalue weighted by atomic mass is 16.2. The van der Waals surface area contributed by atoms with Crippen molar-refractivity contribution in [1.82, 2.24) is 14.7 Å². The average molecular weight is 222 g/mol. The number of carbonyl (C=O) groups excluding carboxylic acids is 1. The van der Waals surface area contributed by atoms with E-state index >= 15 is 0 Å². The smallest absolute Gasteiger partial charge is 0.276 e. The Kier molecular flexibility index (Phi) is 2.40. The van der Waals surface area contributed by atoms with E-state index < -0.39 is 0 Å². The summed E-state index contributed by atoms with van der Waals surface area (Å²) in [5.74, 6) is -0.0550. The summed E-state index contributed by atoms with van der Waals surface area (Å²) in [5, 5.41) is 4.12. The summed E-state index contributed by atoms with van der Waals surface area (Å²) < 4.78 is 1.58. The Morgan fingerprint density at radius 2 is 2.25 bits per heavy atom. The van der Waals surface area contributed by atoms with Crippen LogP contribution in [0.5, 0.6) is 0 Å². The van der Waals surface area contributed by atoms with Gasteiger partial charge < -0.3 is 10.6 Å². The van der Waals surface area contributed by atoms with Crippen molar-refractivity contribution in [2.45, 2.75) is 32.2 Å². The van der Waals surface area contributed by atoms with Gasteiger partial charge in [-0.05, 0) is 26.7 Å². The highest BCUT2D eigenvalue weighted by molar-refractivity contribution is 5.97. The van der Waals surface area contributed by atoms with E-state index in [9.17, 15) is 4.79 Å². The monoisotopic (exact) mass is 222 g/mol. The summed E-state index contributed by atoms with van der Waals surface area (Å²) in [5.41, 5.74) is 6.51. The molecule has 1 saturated heterocycles. The van der Waals surface area contributed by atoms with Crippen LogP contribution in [0.1, 0.15) is 37.2 Å². The molecule has 5 heteroatoms. The third kappa shape index (κ3) is 1.66. The number of hydrogen-bond donors (Lipinski definition) is 1. The summed E-state index contributed by atoms with van der Waals surface area (Å²) in [4.78, 5) is 14.1. The largest absolute Gasteiger partial charge is 0.396 e. The third-order valence-electron chi connectivity index (χ3n) is 3.21. The molecule has 0 spiro atoms. The standard InChI is InChI=1S/C11H18N4O/c1-11(2)5-4-6-15(11)10(16)9-8(12)7-14(3)13-9/h7H,4-6,12H2,1-3H3. The maximum absolute atomic E-state index is 12.3. The van der Waals surface area contributed by atoms with Crippen LogP contribution in [0.15, 0.2) is 6.20 Å². The van der Waals surface area contributed by atoms with E-state index in [1.54, 1.807) is 17.9 Å². The zero-order valence-electron chi connectivity index (χ0n) is 10.0. The van der Waals surface area contributed by atoms with Gasteiger partial charge in [-0.3, -0.25) is 9.48 Å². The van der Waals surface area contributed by atoms with Crippen LogP contribution in [0.25, 0.3) is 0 Å². The lowest BCUT2D eigenvalue weighted by atomic mass is 10.0. The predicted octanol–water partition coefficient (Wildman–Crippen LogP) is 1.02. The van der Waals surface area contributed by atoms with Crippen LogP contribution in [-0.2, 0) is 7.05 Å². The van der Waals surface area contributed by atoms with Gasteiger partial charge in [0.25, 0.3) is 5.91 Å². The van der Waals surface area contributed by atoms with Crippen LogP contribution in [0, 0.1) is 0 Å². The van der Waals surface area contributed by atoms with Gasteiger partial charge in [0.15, 0.2) is 5.69 Å². The van der Waals surface area contributed by atoms with Crippen LogP contribution in [0.3, 0.4) is 0 Å². The fourth-order valence-corrected chi connectivity index (χ4v) is 2.28. The first-order chi connectivity index (χ1) is 7.42. The predicted molar refractivity (Wildman–Crippen MR) is 62.0 cm³/mol. The SMILES string of the molecule is Cn1cc(N)c(C(=O)N2CCCC2(C)C)n1. The highest BCUT2D eigenvalue weighted by Crippen LogP contribution is 2.30. The lowest BCUT2D eigenvalue weighted by Gasteiger charge is -2.31. The lowest BCUT2D eigenvalue weighted by molar-refractivity contribution is 0.0646. The number of nitrogens with zero attached hydrogens (tertiary/aromatic N) is 3. The van der Waals surface area contributed by atoms with Crippen molar-refractivity contribution < 1.29 is 4.79 Å². The molecule has 0 radical (unpaired) electrons. The van der Waals surface area contributed by atoms with Crippen molar-refractivity contribution in [3.8, 4) is 0 Å². The number of anilines is 1. The highest BCUT2D eigenvalue weighted by Gasteiger charge is 2.37. The first kappa shape index (κ1) is 11.0. The molecular weight excluding hydrogens is 204 g/mol. The summed E-state index contributed by atoms with van der Waals surface area (Å²) in [6.45, 7) is 4.95. The fraction of sp³-hybridized carbons (Fsp3) is 0.636. The molecule has 0 bridgehead atoms. The molecule has 1 amide bonds. The maximum Gasteiger partial charge on any atom is 0.276 e. The van der Waals surface area contributed by atoms with E-state index in [0.717, 1.165) is 19.4 Å². The number of aromatic nitrogens is 2. The van der Waals surface area contributed by atoms with Crippen LogP contribution in [0.2, 0.25) is 0 Å². The molecule has 0 atom stereocenters. The second kappa shape index (κ2) is 3.50. The van der Waals surface area contributed by atoms with Gasteiger partial charge in [-0.25, -0.2) is 0 Å². The van der Waals surface area contributed by atoms with Gasteiger partial charge in [-0.15, -0.1) is 0 Å². The quantitative estimate of drug-likeness (QED) is 0.771. The van der Waals surface area contributed by atoms with E-state index in [2.05, 4.69) is 18.9 Å². The molecule has 2 N–H and O–H groups in total. The van der Waals surface area contributed by atoms with Gasteiger partial charge in [0.1, 0.15) is 0 Å². The lowest BCUT2D eigenvalue weighted by Crippen LogP contribution is -2.43. The van der Waals surface area contributed by atoms with E-state index in [-0.39, 0.29) is 11.4 Å². The number of nitrogen functional groups attached to an aromatic ring is 1. The summed E-state index contributed by atoms with van der Waals surface area (Å²) in [6, 6.07) is 0. The fourth-order valence-electron chi connectivity index (χ4n) is 2.28. The molecule has 0 saturated carbocycles. The van der Waals surface area contributed by atoms with Crippen LogP contribution < -0.4 is 5.73 Å². The minimum Gasteiger partial charge on any atom is -0.396 e. The molecule has 0 unspecified atom stereocenters. The van der Waals surface area contributed by atoms with Crippen LogP contribution >= 0.6 is 0 Å². The molecule has 88 valence electrons. The van der Waals surface area contributed by atoms with Crippen molar-refractivity contribution in [2.75, 3.05) is 12.3 Å². The van der Waals surface area contributed by atoms with Crippen molar-refractivity contribution >= 4 is 11.6 Å². The normalized spacial score (nSPS) is 19.1. The first-order valence-corrected chi connectivity index (χ1v) is 5.53. The number of likely N-dealkylation sites (tertiary alicyclic amines) is 1. The Hall–Kier alpha value is -1.52. The first-order valence-electron chi connectivity index (χ1n) is 5.53. The molecule has 1 fully saturated rings. The van der Waals surface area contributed by atoms with Gasteiger partial charge in [0.2, 0.25) is 0 Å². The molecule has 2 rings (SSSR count). The van der Waals surface area contributed by atoms with Gasteiger partial charge in [0, 0.05) is 25.3 Å². The molecule has 2 heterocycles. The number of hydrogen-bond acceptors (Lipinski definition) is 3. The molecule has 1 aromatic rings. The molecule has 1 aliphatic rings. The number of nitrogens with two attached hydrogens (primary N) is 1. The number of carbonyl (C=O) groups is 1. The Morgan fingerprint density at radius 1 is 1.56 bits per heavy atom. The third-order valence-corrected chi connectivity index (χ3v) is 3.21. The Bertz CT molecular complexity index is 422. The number of amides is 1. The molecule has 1 aromatic heterocycles. The Morgan fingerprint density at radius 3 is 2.69 bits per heavy atom. The van der Waals surface area contributed by atoms with Crippen molar-refractivity contribution in [1.29, 1.82) is 0 Å². The summed E-state index contributed by atoms with van der Waals surface area (Å²) >= 11 is 0.